The molecule has 2 heterocycles. The van der Waals surface area contributed by atoms with Gasteiger partial charge < -0.3 is 15.1 Å². The average Bonchev–Trinajstić information content (AvgIpc) is 2.87. The molecule has 2 aliphatic heterocycles. The second kappa shape index (κ2) is 9.53. The minimum atomic E-state index is 0.309. The highest BCUT2D eigenvalue weighted by Gasteiger charge is 2.19. The van der Waals surface area contributed by atoms with E-state index in [0.717, 1.165) is 76.9 Å². The molecule has 0 unspecified atom stereocenters. The minimum Gasteiger partial charge on any atom is -0.340 e. The molecule has 0 aromatic heterocycles. The van der Waals surface area contributed by atoms with Gasteiger partial charge in [-0.2, -0.15) is 0 Å². The average molecular weight is 365 g/mol. The van der Waals surface area contributed by atoms with Crippen LogP contribution in [-0.2, 0) is 11.3 Å². The van der Waals surface area contributed by atoms with Crippen molar-refractivity contribution in [3.8, 4) is 0 Å². The Hall–Kier alpha value is -1.14. The summed E-state index contributed by atoms with van der Waals surface area (Å²) in [6.07, 6.45) is 1.81. The molecular formula is C19H29ClN4O. The molecule has 1 aromatic rings. The van der Waals surface area contributed by atoms with Crippen molar-refractivity contribution in [2.45, 2.75) is 19.4 Å². The normalized spacial score (nSPS) is 20.4. The molecule has 2 aliphatic rings. The Labute approximate surface area is 155 Å². The zero-order chi connectivity index (χ0) is 17.5. The molecule has 2 fully saturated rings. The second-order valence-corrected chi connectivity index (χ2v) is 7.42. The number of halogens is 1. The fraction of sp³-hybridized carbons (Fsp3) is 0.632. The van der Waals surface area contributed by atoms with E-state index in [4.69, 9.17) is 11.6 Å². The number of piperazine rings is 1. The molecule has 0 atom stereocenters. The number of amides is 1. The number of hydrogen-bond donors (Lipinski definition) is 1. The Kier molecular flexibility index (Phi) is 7.11. The Morgan fingerprint density at radius 1 is 0.960 bits per heavy atom. The minimum absolute atomic E-state index is 0.309. The third-order valence-electron chi connectivity index (χ3n) is 5.11. The van der Waals surface area contributed by atoms with Gasteiger partial charge in [-0.15, -0.1) is 0 Å². The highest BCUT2D eigenvalue weighted by atomic mass is 35.5. The zero-order valence-electron chi connectivity index (χ0n) is 14.9. The predicted octanol–water partition coefficient (Wildman–Crippen LogP) is 1.67. The topological polar surface area (TPSA) is 38.8 Å². The lowest BCUT2D eigenvalue weighted by molar-refractivity contribution is -0.132. The molecule has 3 rings (SSSR count). The van der Waals surface area contributed by atoms with Crippen molar-refractivity contribution >= 4 is 17.5 Å². The summed E-state index contributed by atoms with van der Waals surface area (Å²) in [4.78, 5) is 19.3. The van der Waals surface area contributed by atoms with Crippen molar-refractivity contribution in [3.05, 3.63) is 34.9 Å². The molecule has 2 saturated heterocycles. The van der Waals surface area contributed by atoms with Gasteiger partial charge in [0, 0.05) is 63.8 Å². The molecule has 0 aliphatic carbocycles. The van der Waals surface area contributed by atoms with Crippen LogP contribution in [0.2, 0.25) is 5.02 Å². The Morgan fingerprint density at radius 3 is 2.40 bits per heavy atom. The Bertz CT molecular complexity index is 545. The van der Waals surface area contributed by atoms with Crippen LogP contribution in [0.15, 0.2) is 24.3 Å². The lowest BCUT2D eigenvalue weighted by atomic mass is 10.2. The van der Waals surface area contributed by atoms with Gasteiger partial charge in [0.1, 0.15) is 0 Å². The van der Waals surface area contributed by atoms with Gasteiger partial charge in [0.05, 0.1) is 0 Å². The summed E-state index contributed by atoms with van der Waals surface area (Å²) in [6.45, 7) is 9.73. The SMILES string of the molecule is O=C(CCN1CCCN(Cc2ccc(Cl)cc2)CC1)N1CCNCC1. The van der Waals surface area contributed by atoms with Crippen LogP contribution in [0.25, 0.3) is 0 Å². The van der Waals surface area contributed by atoms with Gasteiger partial charge in [-0.1, -0.05) is 23.7 Å². The summed E-state index contributed by atoms with van der Waals surface area (Å²) in [5.74, 6) is 0.309. The second-order valence-electron chi connectivity index (χ2n) is 6.98. The summed E-state index contributed by atoms with van der Waals surface area (Å²) in [6, 6.07) is 8.14. The van der Waals surface area contributed by atoms with Crippen molar-refractivity contribution in [2.24, 2.45) is 0 Å². The van der Waals surface area contributed by atoms with Crippen LogP contribution in [0.3, 0.4) is 0 Å². The lowest BCUT2D eigenvalue weighted by Gasteiger charge is -2.28. The number of rotatable bonds is 5. The summed E-state index contributed by atoms with van der Waals surface area (Å²) >= 11 is 5.96. The summed E-state index contributed by atoms with van der Waals surface area (Å²) in [5, 5.41) is 4.09. The maximum absolute atomic E-state index is 12.3. The monoisotopic (exact) mass is 364 g/mol. The van der Waals surface area contributed by atoms with Crippen LogP contribution >= 0.6 is 11.6 Å². The van der Waals surface area contributed by atoms with Crippen LogP contribution in [-0.4, -0.2) is 79.5 Å². The fourth-order valence-electron chi connectivity index (χ4n) is 3.58. The number of carbonyl (C=O) groups excluding carboxylic acids is 1. The fourth-order valence-corrected chi connectivity index (χ4v) is 3.71. The first-order valence-electron chi connectivity index (χ1n) is 9.38. The predicted molar refractivity (Wildman–Crippen MR) is 102 cm³/mol. The molecule has 138 valence electrons. The molecule has 0 radical (unpaired) electrons. The first-order chi connectivity index (χ1) is 12.2. The van der Waals surface area contributed by atoms with Crippen LogP contribution in [0.1, 0.15) is 18.4 Å². The number of nitrogens with zero attached hydrogens (tertiary/aromatic N) is 3. The maximum atomic E-state index is 12.3. The van der Waals surface area contributed by atoms with E-state index in [1.54, 1.807) is 0 Å². The Morgan fingerprint density at radius 2 is 1.64 bits per heavy atom. The van der Waals surface area contributed by atoms with Gasteiger partial charge in [0.15, 0.2) is 0 Å². The first-order valence-corrected chi connectivity index (χ1v) is 9.76. The van der Waals surface area contributed by atoms with Gasteiger partial charge in [-0.3, -0.25) is 9.69 Å². The molecule has 5 nitrogen and oxygen atoms in total. The zero-order valence-corrected chi connectivity index (χ0v) is 15.7. The molecule has 25 heavy (non-hydrogen) atoms. The lowest BCUT2D eigenvalue weighted by Crippen LogP contribution is -2.47. The number of nitrogens with one attached hydrogen (secondary N) is 1. The van der Waals surface area contributed by atoms with Crippen molar-refractivity contribution in [2.75, 3.05) is 58.9 Å². The van der Waals surface area contributed by atoms with E-state index in [1.165, 1.54) is 5.56 Å². The van der Waals surface area contributed by atoms with E-state index in [1.807, 2.05) is 17.0 Å². The third-order valence-corrected chi connectivity index (χ3v) is 5.36. The molecule has 0 bridgehead atoms. The standard InChI is InChI=1S/C19H29ClN4O/c20-18-4-2-17(3-5-18)16-23-10-1-9-22(14-15-23)11-6-19(25)24-12-7-21-8-13-24/h2-5,21H,1,6-16H2. The third kappa shape index (κ3) is 5.96. The highest BCUT2D eigenvalue weighted by Crippen LogP contribution is 2.13. The van der Waals surface area contributed by atoms with E-state index < -0.39 is 0 Å². The largest absolute Gasteiger partial charge is 0.340 e. The van der Waals surface area contributed by atoms with Crippen LogP contribution in [0, 0.1) is 0 Å². The first kappa shape index (κ1) is 18.6. The van der Waals surface area contributed by atoms with E-state index in [-0.39, 0.29) is 0 Å². The maximum Gasteiger partial charge on any atom is 0.223 e. The molecule has 0 spiro atoms. The van der Waals surface area contributed by atoms with Gasteiger partial charge in [-0.05, 0) is 37.2 Å². The smallest absolute Gasteiger partial charge is 0.223 e. The molecule has 0 saturated carbocycles. The summed E-state index contributed by atoms with van der Waals surface area (Å²) < 4.78 is 0. The van der Waals surface area contributed by atoms with Gasteiger partial charge in [0.25, 0.3) is 0 Å². The summed E-state index contributed by atoms with van der Waals surface area (Å²) in [7, 11) is 0. The van der Waals surface area contributed by atoms with Gasteiger partial charge >= 0.3 is 0 Å². The van der Waals surface area contributed by atoms with E-state index in [0.29, 0.717) is 12.3 Å². The van der Waals surface area contributed by atoms with Crippen molar-refractivity contribution in [1.82, 2.24) is 20.0 Å². The Balaban J connectivity index is 1.40. The van der Waals surface area contributed by atoms with Crippen molar-refractivity contribution < 1.29 is 4.79 Å². The molecular weight excluding hydrogens is 336 g/mol. The quantitative estimate of drug-likeness (QED) is 0.862. The van der Waals surface area contributed by atoms with Crippen LogP contribution in [0.4, 0.5) is 0 Å². The van der Waals surface area contributed by atoms with E-state index >= 15 is 0 Å². The molecule has 1 amide bonds. The van der Waals surface area contributed by atoms with Crippen LogP contribution < -0.4 is 5.32 Å². The highest BCUT2D eigenvalue weighted by molar-refractivity contribution is 6.30. The van der Waals surface area contributed by atoms with Gasteiger partial charge in [0.2, 0.25) is 5.91 Å². The van der Waals surface area contributed by atoms with Crippen LogP contribution in [0.5, 0.6) is 0 Å². The van der Waals surface area contributed by atoms with Gasteiger partial charge in [-0.25, -0.2) is 0 Å². The molecule has 1 aromatic carbocycles. The number of hydrogen-bond acceptors (Lipinski definition) is 4. The van der Waals surface area contributed by atoms with Crippen molar-refractivity contribution in [1.29, 1.82) is 0 Å². The van der Waals surface area contributed by atoms with E-state index in [9.17, 15) is 4.79 Å². The number of carbonyl (C=O) groups is 1. The summed E-state index contributed by atoms with van der Waals surface area (Å²) in [5.41, 5.74) is 1.31. The molecule has 1 N–H and O–H groups in total. The number of benzene rings is 1. The van der Waals surface area contributed by atoms with Crippen molar-refractivity contribution in [3.63, 3.8) is 0 Å². The molecule has 6 heteroatoms. The van der Waals surface area contributed by atoms with E-state index in [2.05, 4.69) is 27.2 Å².